The third-order valence-electron chi connectivity index (χ3n) is 6.60. The third kappa shape index (κ3) is 5.01. The lowest BCUT2D eigenvalue weighted by Crippen LogP contribution is -2.22. The van der Waals surface area contributed by atoms with Crippen molar-refractivity contribution < 1.29 is 19.0 Å². The zero-order valence-corrected chi connectivity index (χ0v) is 21.4. The Labute approximate surface area is 218 Å². The standard InChI is InChI=1S/C26H28ClFN6O3/c1-26(2,28)14-34-10-16-9-33(11-22(16)32-34)17-5-3-15(4-6-17)23-20(27)8-21-24(30-23)31-25(29-21)37-19-7-18(12-35)36-13-19/h3-6,8,10,18-19,35H,7,9,11-14H2,1-2H3,(H,29,30,31)/t18-,19-/m0/s1. The summed E-state index contributed by atoms with van der Waals surface area (Å²) in [4.78, 5) is 14.5. The molecule has 0 radical (unpaired) electrons. The van der Waals surface area contributed by atoms with Gasteiger partial charge in [-0.2, -0.15) is 10.1 Å². The second-order valence-corrected chi connectivity index (χ2v) is 10.7. The van der Waals surface area contributed by atoms with Crippen molar-refractivity contribution in [2.75, 3.05) is 18.1 Å². The molecule has 3 aromatic heterocycles. The van der Waals surface area contributed by atoms with Gasteiger partial charge in [0.2, 0.25) is 0 Å². The van der Waals surface area contributed by atoms with Crippen molar-refractivity contribution in [3.8, 4) is 17.3 Å². The summed E-state index contributed by atoms with van der Waals surface area (Å²) in [6, 6.07) is 10.2. The fraction of sp³-hybridized carbons (Fsp3) is 0.423. The summed E-state index contributed by atoms with van der Waals surface area (Å²) in [6.07, 6.45) is 2.17. The minimum absolute atomic E-state index is 0.0266. The first kappa shape index (κ1) is 24.1. The van der Waals surface area contributed by atoms with Crippen molar-refractivity contribution in [3.05, 3.63) is 52.8 Å². The van der Waals surface area contributed by atoms with E-state index in [-0.39, 0.29) is 25.4 Å². The number of hydrogen-bond acceptors (Lipinski definition) is 7. The number of nitrogens with one attached hydrogen (secondary N) is 1. The SMILES string of the molecule is CC(C)(F)Cn1cc2c(n1)CN(c1ccc(-c3nc4nc(O[C@@H]5CO[C@H](CO)C5)[nH]c4cc3Cl)cc1)C2. The van der Waals surface area contributed by atoms with Crippen LogP contribution in [-0.4, -0.2) is 60.9 Å². The van der Waals surface area contributed by atoms with E-state index in [0.29, 0.717) is 47.5 Å². The van der Waals surface area contributed by atoms with Crippen LogP contribution in [0.25, 0.3) is 22.4 Å². The molecule has 2 aliphatic heterocycles. The summed E-state index contributed by atoms with van der Waals surface area (Å²) >= 11 is 6.58. The summed E-state index contributed by atoms with van der Waals surface area (Å²) in [6.45, 7) is 5.16. The van der Waals surface area contributed by atoms with Gasteiger partial charge < -0.3 is 24.5 Å². The van der Waals surface area contributed by atoms with Crippen LogP contribution in [0, 0.1) is 0 Å². The van der Waals surface area contributed by atoms with E-state index in [2.05, 4.69) is 25.0 Å². The molecule has 11 heteroatoms. The number of aliphatic hydroxyl groups is 1. The molecule has 0 unspecified atom stereocenters. The van der Waals surface area contributed by atoms with Crippen molar-refractivity contribution >= 4 is 28.5 Å². The second-order valence-electron chi connectivity index (χ2n) is 10.3. The minimum atomic E-state index is -1.30. The Hall–Kier alpha value is -3.21. The third-order valence-corrected chi connectivity index (χ3v) is 6.89. The monoisotopic (exact) mass is 526 g/mol. The fourth-order valence-electron chi connectivity index (χ4n) is 4.88. The van der Waals surface area contributed by atoms with Crippen LogP contribution in [0.4, 0.5) is 10.1 Å². The fourth-order valence-corrected chi connectivity index (χ4v) is 5.14. The zero-order chi connectivity index (χ0) is 25.7. The van der Waals surface area contributed by atoms with Crippen molar-refractivity contribution in [2.45, 2.75) is 57.8 Å². The van der Waals surface area contributed by atoms with Gasteiger partial charge in [-0.15, -0.1) is 0 Å². The molecule has 6 rings (SSSR count). The van der Waals surface area contributed by atoms with E-state index in [4.69, 9.17) is 21.1 Å². The summed E-state index contributed by atoms with van der Waals surface area (Å²) in [5, 5.41) is 14.3. The molecule has 0 amide bonds. The number of ether oxygens (including phenoxy) is 2. The maximum absolute atomic E-state index is 14.0. The number of fused-ring (bicyclic) bond motifs is 2. The van der Waals surface area contributed by atoms with Crippen molar-refractivity contribution in [2.24, 2.45) is 0 Å². The van der Waals surface area contributed by atoms with Crippen LogP contribution >= 0.6 is 11.6 Å². The van der Waals surface area contributed by atoms with Gasteiger partial charge in [0, 0.05) is 36.0 Å². The number of pyridine rings is 1. The van der Waals surface area contributed by atoms with Crippen molar-refractivity contribution in [3.63, 3.8) is 0 Å². The van der Waals surface area contributed by atoms with Gasteiger partial charge in [-0.1, -0.05) is 23.7 Å². The van der Waals surface area contributed by atoms with Gasteiger partial charge in [0.25, 0.3) is 6.01 Å². The largest absolute Gasteiger partial charge is 0.459 e. The Morgan fingerprint density at radius 2 is 2.05 bits per heavy atom. The molecule has 4 aromatic rings. The number of halogens is 2. The average molecular weight is 527 g/mol. The predicted molar refractivity (Wildman–Crippen MR) is 137 cm³/mol. The lowest BCUT2D eigenvalue weighted by atomic mass is 10.1. The Morgan fingerprint density at radius 3 is 2.76 bits per heavy atom. The number of hydrogen-bond donors (Lipinski definition) is 2. The minimum Gasteiger partial charge on any atom is -0.459 e. The Morgan fingerprint density at radius 1 is 1.24 bits per heavy atom. The van der Waals surface area contributed by atoms with Crippen molar-refractivity contribution in [1.82, 2.24) is 24.7 Å². The van der Waals surface area contributed by atoms with Gasteiger partial charge in [-0.3, -0.25) is 4.68 Å². The van der Waals surface area contributed by atoms with E-state index >= 15 is 0 Å². The van der Waals surface area contributed by atoms with E-state index in [0.717, 1.165) is 29.1 Å². The quantitative estimate of drug-likeness (QED) is 0.371. The lowest BCUT2D eigenvalue weighted by Gasteiger charge is -2.19. The number of imidazole rings is 1. The smallest absolute Gasteiger partial charge is 0.296 e. The van der Waals surface area contributed by atoms with E-state index in [9.17, 15) is 9.50 Å². The molecule has 1 fully saturated rings. The molecule has 5 heterocycles. The van der Waals surface area contributed by atoms with Crippen LogP contribution in [-0.2, 0) is 24.4 Å². The zero-order valence-electron chi connectivity index (χ0n) is 20.6. The van der Waals surface area contributed by atoms with Crippen LogP contribution in [0.2, 0.25) is 5.02 Å². The van der Waals surface area contributed by atoms with Crippen LogP contribution in [0.15, 0.2) is 36.5 Å². The Bertz CT molecular complexity index is 1410. The second kappa shape index (κ2) is 9.27. The van der Waals surface area contributed by atoms with Gasteiger partial charge >= 0.3 is 0 Å². The summed E-state index contributed by atoms with van der Waals surface area (Å²) in [5.41, 5.74) is 4.57. The number of aliphatic hydroxyl groups excluding tert-OH is 1. The van der Waals surface area contributed by atoms with Crippen LogP contribution in [0.5, 0.6) is 6.01 Å². The van der Waals surface area contributed by atoms with Crippen molar-refractivity contribution in [1.29, 1.82) is 0 Å². The molecule has 0 aliphatic carbocycles. The highest BCUT2D eigenvalue weighted by Crippen LogP contribution is 2.33. The van der Waals surface area contributed by atoms with Gasteiger partial charge in [-0.05, 0) is 32.0 Å². The molecular formula is C26H28ClFN6O3. The summed E-state index contributed by atoms with van der Waals surface area (Å²) < 4.78 is 27.0. The maximum Gasteiger partial charge on any atom is 0.296 e. The molecule has 194 valence electrons. The van der Waals surface area contributed by atoms with Crippen LogP contribution in [0.3, 0.4) is 0 Å². The van der Waals surface area contributed by atoms with E-state index in [1.165, 1.54) is 0 Å². The number of rotatable bonds is 7. The summed E-state index contributed by atoms with van der Waals surface area (Å²) in [5.74, 6) is 0. The molecule has 0 bridgehead atoms. The highest BCUT2D eigenvalue weighted by molar-refractivity contribution is 6.33. The van der Waals surface area contributed by atoms with Gasteiger partial charge in [-0.25, -0.2) is 9.37 Å². The molecular weight excluding hydrogens is 499 g/mol. The number of aromatic amines is 1. The molecule has 37 heavy (non-hydrogen) atoms. The molecule has 1 aromatic carbocycles. The highest BCUT2D eigenvalue weighted by atomic mass is 35.5. The van der Waals surface area contributed by atoms with E-state index in [1.54, 1.807) is 24.6 Å². The summed E-state index contributed by atoms with van der Waals surface area (Å²) in [7, 11) is 0. The molecule has 1 saturated heterocycles. The number of benzene rings is 1. The number of H-pyrrole nitrogens is 1. The molecule has 2 N–H and O–H groups in total. The molecule has 9 nitrogen and oxygen atoms in total. The number of aromatic nitrogens is 5. The predicted octanol–water partition coefficient (Wildman–Crippen LogP) is 4.27. The topological polar surface area (TPSA) is 101 Å². The van der Waals surface area contributed by atoms with Crippen LogP contribution in [0.1, 0.15) is 31.5 Å². The first-order valence-electron chi connectivity index (χ1n) is 12.3. The van der Waals surface area contributed by atoms with Gasteiger partial charge in [0.1, 0.15) is 11.8 Å². The number of anilines is 1. The van der Waals surface area contributed by atoms with Gasteiger partial charge in [0.05, 0.1) is 54.3 Å². The van der Waals surface area contributed by atoms with E-state index in [1.807, 2.05) is 30.5 Å². The maximum atomic E-state index is 14.0. The van der Waals surface area contributed by atoms with Crippen LogP contribution < -0.4 is 9.64 Å². The first-order valence-corrected chi connectivity index (χ1v) is 12.7. The molecule has 2 atom stereocenters. The normalized spacial score (nSPS) is 19.6. The number of alkyl halides is 1. The first-order chi connectivity index (χ1) is 17.7. The lowest BCUT2D eigenvalue weighted by molar-refractivity contribution is 0.0528. The van der Waals surface area contributed by atoms with Gasteiger partial charge in [0.15, 0.2) is 5.65 Å². The Kier molecular flexibility index (Phi) is 6.05. The molecule has 2 aliphatic rings. The molecule has 0 spiro atoms. The van der Waals surface area contributed by atoms with E-state index < -0.39 is 5.67 Å². The highest BCUT2D eigenvalue weighted by Gasteiger charge is 2.28. The molecule has 0 saturated carbocycles. The average Bonchev–Trinajstić information content (AvgIpc) is 3.61. The Balaban J connectivity index is 1.16. The number of nitrogens with zero attached hydrogens (tertiary/aromatic N) is 5.